The monoisotopic (exact) mass is 854 g/mol. The van der Waals surface area contributed by atoms with Crippen molar-refractivity contribution in [2.75, 3.05) is 12.3 Å². The lowest BCUT2D eigenvalue weighted by molar-refractivity contribution is 0.724. The number of hydrogen-bond acceptors (Lipinski definition) is 12. The van der Waals surface area contributed by atoms with Gasteiger partial charge in [-0.25, -0.2) is 29.9 Å². The third-order valence-corrected chi connectivity index (χ3v) is 11.5. The third kappa shape index (κ3) is 6.72. The van der Waals surface area contributed by atoms with Crippen LogP contribution in [0.3, 0.4) is 0 Å². The topological polar surface area (TPSA) is 240 Å². The number of aromatic amines is 4. The first-order valence-corrected chi connectivity index (χ1v) is 21.0. The quantitative estimate of drug-likeness (QED) is 0.0746. The number of rotatable bonds is 11. The highest BCUT2D eigenvalue weighted by Gasteiger charge is 2.21. The van der Waals surface area contributed by atoms with E-state index in [0.29, 0.717) is 52.1 Å². The average Bonchev–Trinajstić information content (AvgIpc) is 4.20. The molecule has 65 heavy (non-hydrogen) atoms. The van der Waals surface area contributed by atoms with Gasteiger partial charge in [-0.05, 0) is 84.3 Å². The summed E-state index contributed by atoms with van der Waals surface area (Å²) in [4.78, 5) is 44.6. The molecule has 0 amide bonds. The molecule has 0 saturated heterocycles. The van der Waals surface area contributed by atoms with Crippen molar-refractivity contribution in [3.8, 4) is 56.9 Å². The van der Waals surface area contributed by atoms with Gasteiger partial charge in [0.25, 0.3) is 0 Å². The standard InChI is InChI=1S/C47H38N18/c1-3-49-16-26-10-30(18-50-17-26)27-4-5-36-34(14-27)40(62-60-36)44-56-38-7-9-53-47(43(38)58-44)65-22-33(55-24-65)13-29-11-28(31-12-32(48)20-51-19-31)15-35-39(29)61-63-41(35)45-57-37-6-8-52-46(42(37)59-45)64-21-25(2)54-23-64/h4-12,14-15,17-24,49H,3,13,16,48H2,1-2H3,(H,56,58)(H,57,59)(H,60,62)(H,61,63). The van der Waals surface area contributed by atoms with E-state index in [4.69, 9.17) is 35.9 Å². The van der Waals surface area contributed by atoms with Gasteiger partial charge in [-0.3, -0.25) is 29.3 Å². The van der Waals surface area contributed by atoms with Crippen LogP contribution in [-0.4, -0.2) is 85.9 Å². The molecule has 18 nitrogen and oxygen atoms in total. The molecule has 0 unspecified atom stereocenters. The van der Waals surface area contributed by atoms with Crippen LogP contribution < -0.4 is 11.1 Å². The summed E-state index contributed by atoms with van der Waals surface area (Å²) in [5.41, 5.74) is 20.6. The third-order valence-electron chi connectivity index (χ3n) is 11.5. The Hall–Kier alpha value is -8.90. The van der Waals surface area contributed by atoms with E-state index >= 15 is 0 Å². The predicted octanol–water partition coefficient (Wildman–Crippen LogP) is 7.40. The fraction of sp³-hybridized carbons (Fsp3) is 0.106. The smallest absolute Gasteiger partial charge is 0.166 e. The lowest BCUT2D eigenvalue weighted by Gasteiger charge is -2.08. The first-order valence-electron chi connectivity index (χ1n) is 21.0. The second kappa shape index (κ2) is 15.2. The molecular formula is C47H38N18. The molecule has 12 rings (SSSR count). The van der Waals surface area contributed by atoms with E-state index < -0.39 is 0 Å². The molecule has 7 N–H and O–H groups in total. The molecule has 10 heterocycles. The molecule has 12 aromatic rings. The maximum absolute atomic E-state index is 6.23. The zero-order valence-corrected chi connectivity index (χ0v) is 35.0. The van der Waals surface area contributed by atoms with Crippen LogP contribution >= 0.6 is 0 Å². The van der Waals surface area contributed by atoms with Crippen LogP contribution in [0, 0.1) is 6.92 Å². The molecule has 0 bridgehead atoms. The molecule has 0 spiro atoms. The number of nitrogens with zero attached hydrogens (tertiary/aromatic N) is 12. The summed E-state index contributed by atoms with van der Waals surface area (Å²) in [6, 6.07) is 18.3. The largest absolute Gasteiger partial charge is 0.397 e. The van der Waals surface area contributed by atoms with Crippen molar-refractivity contribution in [2.45, 2.75) is 26.8 Å². The number of nitrogens with one attached hydrogen (secondary N) is 5. The van der Waals surface area contributed by atoms with E-state index in [2.05, 4.69) is 82.7 Å². The molecule has 2 aromatic carbocycles. The van der Waals surface area contributed by atoms with E-state index in [9.17, 15) is 0 Å². The summed E-state index contributed by atoms with van der Waals surface area (Å²) < 4.78 is 3.77. The molecule has 316 valence electrons. The summed E-state index contributed by atoms with van der Waals surface area (Å²) >= 11 is 0. The van der Waals surface area contributed by atoms with Gasteiger partial charge in [-0.15, -0.1) is 0 Å². The van der Waals surface area contributed by atoms with Crippen LogP contribution in [0.5, 0.6) is 0 Å². The Kier molecular flexibility index (Phi) is 8.83. The summed E-state index contributed by atoms with van der Waals surface area (Å²) in [6.45, 7) is 5.68. The lowest BCUT2D eigenvalue weighted by atomic mass is 9.98. The molecule has 0 fully saturated rings. The fourth-order valence-electron chi connectivity index (χ4n) is 8.43. The van der Waals surface area contributed by atoms with Gasteiger partial charge in [0.1, 0.15) is 35.1 Å². The number of H-pyrrole nitrogens is 4. The SMILES string of the molecule is CCNCc1cncc(-c2ccc3[nH]nc(-c4nc5c(-n6cnc(Cc7cc(-c8cncc(N)c8)cc8c(-c9nc%10c(-n%11cnc(C)c%11)nccc%10[nH]9)[nH]nc78)c6)nccc5[nH]4)c3c2)c1. The molecule has 0 saturated carbocycles. The normalized spacial score (nSPS) is 11.8. The van der Waals surface area contributed by atoms with E-state index in [1.807, 2.05) is 65.1 Å². The van der Waals surface area contributed by atoms with Gasteiger partial charge in [-0.1, -0.05) is 13.0 Å². The van der Waals surface area contributed by atoms with Crippen LogP contribution in [0.2, 0.25) is 0 Å². The zero-order valence-electron chi connectivity index (χ0n) is 35.0. The Morgan fingerprint density at radius 2 is 1.38 bits per heavy atom. The van der Waals surface area contributed by atoms with Crippen molar-refractivity contribution in [2.24, 2.45) is 0 Å². The Bertz CT molecular complexity index is 3750. The van der Waals surface area contributed by atoms with Crippen LogP contribution in [0.15, 0.2) is 117 Å². The Morgan fingerprint density at radius 1 is 0.646 bits per heavy atom. The molecule has 0 aliphatic rings. The lowest BCUT2D eigenvalue weighted by Crippen LogP contribution is -2.11. The van der Waals surface area contributed by atoms with Crippen LogP contribution in [-0.2, 0) is 13.0 Å². The predicted molar refractivity (Wildman–Crippen MR) is 248 cm³/mol. The van der Waals surface area contributed by atoms with Crippen LogP contribution in [0.25, 0.3) is 101 Å². The fourth-order valence-corrected chi connectivity index (χ4v) is 8.43. The minimum atomic E-state index is 0.461. The Morgan fingerprint density at radius 3 is 2.17 bits per heavy atom. The highest BCUT2D eigenvalue weighted by Crippen LogP contribution is 2.36. The zero-order chi connectivity index (χ0) is 43.6. The maximum atomic E-state index is 6.23. The van der Waals surface area contributed by atoms with Crippen molar-refractivity contribution in [1.29, 1.82) is 0 Å². The minimum absolute atomic E-state index is 0.461. The van der Waals surface area contributed by atoms with Gasteiger partial charge in [0.15, 0.2) is 23.3 Å². The molecule has 0 atom stereocenters. The number of anilines is 1. The summed E-state index contributed by atoms with van der Waals surface area (Å²) in [5, 5.41) is 21.2. The molecule has 0 aliphatic heterocycles. The van der Waals surface area contributed by atoms with Gasteiger partial charge >= 0.3 is 0 Å². The molecule has 10 aromatic heterocycles. The van der Waals surface area contributed by atoms with E-state index in [1.165, 1.54) is 0 Å². The first kappa shape index (κ1) is 37.8. The number of pyridine rings is 4. The number of aromatic nitrogens is 16. The van der Waals surface area contributed by atoms with Gasteiger partial charge in [0.2, 0.25) is 0 Å². The highest BCUT2D eigenvalue weighted by molar-refractivity contribution is 5.99. The van der Waals surface area contributed by atoms with Gasteiger partial charge in [0.05, 0.1) is 39.1 Å². The number of aryl methyl sites for hydroxylation is 1. The summed E-state index contributed by atoms with van der Waals surface area (Å²) in [7, 11) is 0. The maximum Gasteiger partial charge on any atom is 0.166 e. The highest BCUT2D eigenvalue weighted by atomic mass is 15.2. The minimum Gasteiger partial charge on any atom is -0.397 e. The second-order valence-corrected chi connectivity index (χ2v) is 15.9. The molecule has 18 heteroatoms. The van der Waals surface area contributed by atoms with Crippen LogP contribution in [0.1, 0.15) is 29.4 Å². The molecule has 0 aliphatic carbocycles. The second-order valence-electron chi connectivity index (χ2n) is 15.9. The van der Waals surface area contributed by atoms with Crippen molar-refractivity contribution in [3.63, 3.8) is 0 Å². The van der Waals surface area contributed by atoms with Crippen molar-refractivity contribution < 1.29 is 0 Å². The first-order chi connectivity index (χ1) is 31.9. The molecular weight excluding hydrogens is 817 g/mol. The van der Waals surface area contributed by atoms with Crippen LogP contribution in [0.4, 0.5) is 5.69 Å². The van der Waals surface area contributed by atoms with Crippen molar-refractivity contribution in [1.82, 2.24) is 84.7 Å². The Labute approximate surface area is 368 Å². The number of imidazole rings is 4. The Balaban J connectivity index is 0.894. The summed E-state index contributed by atoms with van der Waals surface area (Å²) in [5.74, 6) is 2.54. The number of hydrogen-bond donors (Lipinski definition) is 6. The number of benzene rings is 2. The summed E-state index contributed by atoms with van der Waals surface area (Å²) in [6.07, 6.45) is 18.6. The van der Waals surface area contributed by atoms with E-state index in [-0.39, 0.29) is 0 Å². The van der Waals surface area contributed by atoms with Crippen molar-refractivity contribution in [3.05, 3.63) is 139 Å². The van der Waals surface area contributed by atoms with Gasteiger partial charge < -0.3 is 21.0 Å². The van der Waals surface area contributed by atoms with E-state index in [0.717, 1.165) is 96.4 Å². The van der Waals surface area contributed by atoms with Crippen molar-refractivity contribution >= 4 is 49.6 Å². The number of fused-ring (bicyclic) bond motifs is 4. The number of nitrogens with two attached hydrogens (primary N) is 1. The molecule has 0 radical (unpaired) electrons. The average molecular weight is 855 g/mol. The number of nitrogen functional groups attached to an aromatic ring is 1. The van der Waals surface area contributed by atoms with Gasteiger partial charge in [0, 0.05) is 84.4 Å². The van der Waals surface area contributed by atoms with E-state index in [1.54, 1.807) is 37.4 Å². The van der Waals surface area contributed by atoms with Gasteiger partial charge in [-0.2, -0.15) is 10.2 Å².